The third-order valence-electron chi connectivity index (χ3n) is 4.37. The highest BCUT2D eigenvalue weighted by Gasteiger charge is 2.31. The zero-order chi connectivity index (χ0) is 17.3. The van der Waals surface area contributed by atoms with Crippen LogP contribution in [0.25, 0.3) is 0 Å². The first-order valence-corrected chi connectivity index (χ1v) is 7.77. The van der Waals surface area contributed by atoms with Crippen molar-refractivity contribution in [2.75, 3.05) is 26.6 Å². The largest absolute Gasteiger partial charge is 0.496 e. The quantitative estimate of drug-likeness (QED) is 0.915. The highest BCUT2D eigenvalue weighted by molar-refractivity contribution is 6.03. The number of carbonyl (C=O) groups is 1. The lowest BCUT2D eigenvalue weighted by Gasteiger charge is -2.16. The lowest BCUT2D eigenvalue weighted by Crippen LogP contribution is -2.15. The minimum Gasteiger partial charge on any atom is -0.496 e. The fraction of sp³-hybridized carbons (Fsp3) is 0.316. The number of hydrogen-bond donors (Lipinski definition) is 1. The zero-order valence-corrected chi connectivity index (χ0v) is 14.3. The minimum atomic E-state index is -0.244. The number of hydrogen-bond acceptors (Lipinski definition) is 4. The van der Waals surface area contributed by atoms with Crippen LogP contribution in [0, 0.1) is 6.92 Å². The van der Waals surface area contributed by atoms with E-state index in [0.717, 1.165) is 22.4 Å². The lowest BCUT2D eigenvalue weighted by atomic mass is 9.91. The van der Waals surface area contributed by atoms with Crippen LogP contribution in [0.4, 0.5) is 5.69 Å². The number of carbonyl (C=O) groups excluding carboxylic acids is 1. The second-order valence-corrected chi connectivity index (χ2v) is 5.86. The second kappa shape index (κ2) is 6.43. The van der Waals surface area contributed by atoms with Gasteiger partial charge in [-0.2, -0.15) is 0 Å². The molecule has 2 aromatic rings. The van der Waals surface area contributed by atoms with E-state index in [1.165, 1.54) is 0 Å². The molecule has 0 fully saturated rings. The number of nitrogens with one attached hydrogen (secondary N) is 1. The first-order chi connectivity index (χ1) is 11.6. The fourth-order valence-electron chi connectivity index (χ4n) is 3.12. The van der Waals surface area contributed by atoms with E-state index in [1.807, 2.05) is 25.1 Å². The van der Waals surface area contributed by atoms with Crippen LogP contribution in [0.3, 0.4) is 0 Å². The van der Waals surface area contributed by atoms with Gasteiger partial charge in [-0.3, -0.25) is 4.79 Å². The van der Waals surface area contributed by atoms with Gasteiger partial charge in [-0.15, -0.1) is 0 Å². The third-order valence-corrected chi connectivity index (χ3v) is 4.37. The topological polar surface area (TPSA) is 56.8 Å². The average Bonchev–Trinajstić information content (AvgIpc) is 2.89. The average molecular weight is 327 g/mol. The van der Waals surface area contributed by atoms with Gasteiger partial charge in [0.2, 0.25) is 5.91 Å². The summed E-state index contributed by atoms with van der Waals surface area (Å²) in [7, 11) is 4.78. The molecular formula is C19H21NO4. The summed E-state index contributed by atoms with van der Waals surface area (Å²) in [5.41, 5.74) is 3.95. The van der Waals surface area contributed by atoms with Gasteiger partial charge in [0.15, 0.2) is 11.5 Å². The molecule has 3 rings (SSSR count). The van der Waals surface area contributed by atoms with Gasteiger partial charge in [0.25, 0.3) is 0 Å². The normalized spacial score (nSPS) is 15.7. The van der Waals surface area contributed by atoms with E-state index in [9.17, 15) is 4.79 Å². The smallest absolute Gasteiger partial charge is 0.232 e. The van der Waals surface area contributed by atoms with Crippen LogP contribution in [0.5, 0.6) is 17.2 Å². The van der Waals surface area contributed by atoms with Crippen molar-refractivity contribution < 1.29 is 19.0 Å². The van der Waals surface area contributed by atoms with Gasteiger partial charge in [0, 0.05) is 11.8 Å². The second-order valence-electron chi connectivity index (χ2n) is 5.86. The molecule has 24 heavy (non-hydrogen) atoms. The summed E-state index contributed by atoms with van der Waals surface area (Å²) in [5, 5.41) is 2.95. The van der Waals surface area contributed by atoms with Crippen LogP contribution >= 0.6 is 0 Å². The van der Waals surface area contributed by atoms with E-state index in [0.29, 0.717) is 23.7 Å². The molecule has 126 valence electrons. The van der Waals surface area contributed by atoms with Gasteiger partial charge >= 0.3 is 0 Å². The van der Waals surface area contributed by atoms with Crippen molar-refractivity contribution in [2.24, 2.45) is 0 Å². The Morgan fingerprint density at radius 1 is 0.958 bits per heavy atom. The van der Waals surface area contributed by atoms with Crippen molar-refractivity contribution in [3.63, 3.8) is 0 Å². The van der Waals surface area contributed by atoms with E-state index in [1.54, 1.807) is 27.4 Å². The predicted molar refractivity (Wildman–Crippen MR) is 92.4 cm³/mol. The Morgan fingerprint density at radius 3 is 2.29 bits per heavy atom. The predicted octanol–water partition coefficient (Wildman–Crippen LogP) is 3.30. The Labute approximate surface area is 141 Å². The van der Waals surface area contributed by atoms with E-state index in [-0.39, 0.29) is 11.8 Å². The number of rotatable bonds is 5. The Bertz CT molecular complexity index is 785. The molecule has 0 spiro atoms. The summed E-state index contributed by atoms with van der Waals surface area (Å²) in [6.45, 7) is 2.02. The monoisotopic (exact) mass is 327 g/mol. The molecule has 1 amide bonds. The van der Waals surface area contributed by atoms with Crippen molar-refractivity contribution in [1.82, 2.24) is 0 Å². The van der Waals surface area contributed by atoms with E-state index in [2.05, 4.69) is 11.4 Å². The van der Waals surface area contributed by atoms with Crippen LogP contribution in [-0.2, 0) is 11.2 Å². The maximum Gasteiger partial charge on any atom is 0.232 e. The van der Waals surface area contributed by atoms with E-state index in [4.69, 9.17) is 14.2 Å². The third kappa shape index (κ3) is 2.77. The molecule has 0 aliphatic carbocycles. The molecule has 0 bridgehead atoms. The number of aryl methyl sites for hydroxylation is 1. The molecule has 1 N–H and O–H groups in total. The number of fused-ring (bicyclic) bond motifs is 1. The Hall–Kier alpha value is -2.69. The summed E-state index contributed by atoms with van der Waals surface area (Å²) in [5.74, 6) is 1.67. The summed E-state index contributed by atoms with van der Waals surface area (Å²) in [4.78, 5) is 12.4. The molecule has 0 aromatic heterocycles. The molecule has 2 aromatic carbocycles. The lowest BCUT2D eigenvalue weighted by molar-refractivity contribution is -0.117. The Kier molecular flexibility index (Phi) is 4.34. The molecule has 0 radical (unpaired) electrons. The maximum absolute atomic E-state index is 12.4. The van der Waals surface area contributed by atoms with Crippen LogP contribution in [0.15, 0.2) is 30.3 Å². The highest BCUT2D eigenvalue weighted by atomic mass is 16.5. The van der Waals surface area contributed by atoms with Gasteiger partial charge < -0.3 is 19.5 Å². The van der Waals surface area contributed by atoms with Gasteiger partial charge in [-0.25, -0.2) is 0 Å². The fourth-order valence-corrected chi connectivity index (χ4v) is 3.12. The summed E-state index contributed by atoms with van der Waals surface area (Å²) >= 11 is 0. The van der Waals surface area contributed by atoms with Gasteiger partial charge in [-0.1, -0.05) is 17.7 Å². The molecule has 1 heterocycles. The minimum absolute atomic E-state index is 0.00689. The Balaban J connectivity index is 2.00. The molecule has 0 saturated heterocycles. The summed E-state index contributed by atoms with van der Waals surface area (Å²) in [6.07, 6.45) is 0.534. The molecule has 1 atom stereocenters. The van der Waals surface area contributed by atoms with Crippen molar-refractivity contribution in [3.05, 3.63) is 47.0 Å². The Morgan fingerprint density at radius 2 is 1.62 bits per heavy atom. The summed E-state index contributed by atoms with van der Waals surface area (Å²) in [6, 6.07) is 9.68. The first kappa shape index (κ1) is 16.2. The first-order valence-electron chi connectivity index (χ1n) is 7.77. The SMILES string of the molecule is COc1cc(OC)c(OC)cc1C[C@@H]1C(=O)Nc2ccc(C)cc21. The molecule has 0 saturated carbocycles. The molecular weight excluding hydrogens is 306 g/mol. The van der Waals surface area contributed by atoms with Crippen molar-refractivity contribution >= 4 is 11.6 Å². The number of methoxy groups -OCH3 is 3. The summed E-state index contributed by atoms with van der Waals surface area (Å²) < 4.78 is 16.2. The van der Waals surface area contributed by atoms with E-state index >= 15 is 0 Å². The van der Waals surface area contributed by atoms with Crippen LogP contribution in [0.1, 0.15) is 22.6 Å². The molecule has 0 unspecified atom stereocenters. The number of benzene rings is 2. The van der Waals surface area contributed by atoms with Crippen LogP contribution < -0.4 is 19.5 Å². The van der Waals surface area contributed by atoms with Crippen LogP contribution in [-0.4, -0.2) is 27.2 Å². The number of ether oxygens (including phenoxy) is 3. The molecule has 5 nitrogen and oxygen atoms in total. The maximum atomic E-state index is 12.4. The number of amides is 1. The van der Waals surface area contributed by atoms with Gasteiger partial charge in [0.1, 0.15) is 5.75 Å². The van der Waals surface area contributed by atoms with Crippen molar-refractivity contribution in [3.8, 4) is 17.2 Å². The number of anilines is 1. The molecule has 5 heteroatoms. The van der Waals surface area contributed by atoms with Gasteiger partial charge in [0.05, 0.1) is 27.2 Å². The van der Waals surface area contributed by atoms with Crippen LogP contribution in [0.2, 0.25) is 0 Å². The standard InChI is InChI=1S/C19H21NO4/c1-11-5-6-15-13(7-11)14(19(21)20-15)8-12-9-17(23-3)18(24-4)10-16(12)22-2/h5-7,9-10,14H,8H2,1-4H3,(H,20,21)/t14-/m0/s1. The zero-order valence-electron chi connectivity index (χ0n) is 14.3. The molecule has 1 aliphatic rings. The van der Waals surface area contributed by atoms with Crippen molar-refractivity contribution in [1.29, 1.82) is 0 Å². The molecule has 1 aliphatic heterocycles. The van der Waals surface area contributed by atoms with Gasteiger partial charge in [-0.05, 0) is 36.6 Å². The highest BCUT2D eigenvalue weighted by Crippen LogP contribution is 2.40. The van der Waals surface area contributed by atoms with Crippen molar-refractivity contribution in [2.45, 2.75) is 19.3 Å². The van der Waals surface area contributed by atoms with E-state index < -0.39 is 0 Å².